The van der Waals surface area contributed by atoms with E-state index >= 15 is 0 Å². The molecule has 1 aliphatic carbocycles. The predicted molar refractivity (Wildman–Crippen MR) is 127 cm³/mol. The Morgan fingerprint density at radius 1 is 1.09 bits per heavy atom. The maximum absolute atomic E-state index is 11.1. The number of carbonyl (C=O) groups is 1. The van der Waals surface area contributed by atoms with Crippen LogP contribution in [-0.2, 0) is 17.6 Å². The van der Waals surface area contributed by atoms with Gasteiger partial charge in [0.1, 0.15) is 17.8 Å². The lowest BCUT2D eigenvalue weighted by Gasteiger charge is -2.10. The van der Waals surface area contributed by atoms with Crippen molar-refractivity contribution in [3.8, 4) is 28.3 Å². The molecule has 2 aromatic heterocycles. The van der Waals surface area contributed by atoms with E-state index in [0.717, 1.165) is 52.3 Å². The number of hydrogen-bond acceptors (Lipinski definition) is 6. The van der Waals surface area contributed by atoms with Crippen molar-refractivity contribution in [2.24, 2.45) is 0 Å². The van der Waals surface area contributed by atoms with Crippen LogP contribution in [-0.4, -0.2) is 32.6 Å². The quantitative estimate of drug-likeness (QED) is 0.388. The summed E-state index contributed by atoms with van der Waals surface area (Å²) in [5, 5.41) is 9.09. The zero-order valence-electron chi connectivity index (χ0n) is 18.9. The Morgan fingerprint density at radius 3 is 2.62 bits per heavy atom. The lowest BCUT2D eigenvalue weighted by Crippen LogP contribution is -2.04. The van der Waals surface area contributed by atoms with Crippen molar-refractivity contribution in [2.45, 2.75) is 38.5 Å². The zero-order valence-corrected chi connectivity index (χ0v) is 18.9. The van der Waals surface area contributed by atoms with E-state index in [9.17, 15) is 4.79 Å². The van der Waals surface area contributed by atoms with Gasteiger partial charge in [0, 0.05) is 29.9 Å². The van der Waals surface area contributed by atoms with Crippen LogP contribution in [0.3, 0.4) is 0 Å². The molecule has 4 aromatic rings. The van der Waals surface area contributed by atoms with E-state index in [0.29, 0.717) is 18.9 Å². The molecule has 172 valence electrons. The Labute approximate surface area is 197 Å². The summed E-state index contributed by atoms with van der Waals surface area (Å²) in [6.45, 7) is 2.40. The summed E-state index contributed by atoms with van der Waals surface area (Å²) >= 11 is 0. The molecule has 0 saturated carbocycles. The second-order valence-electron chi connectivity index (χ2n) is 8.52. The van der Waals surface area contributed by atoms with Crippen molar-refractivity contribution in [1.29, 1.82) is 0 Å². The number of aryl methyl sites for hydroxylation is 2. The van der Waals surface area contributed by atoms with Crippen LogP contribution in [0.25, 0.3) is 22.6 Å². The minimum absolute atomic E-state index is 0.104. The molecule has 34 heavy (non-hydrogen) atoms. The van der Waals surface area contributed by atoms with Gasteiger partial charge in [-0.3, -0.25) is 4.79 Å². The van der Waals surface area contributed by atoms with Gasteiger partial charge in [0.2, 0.25) is 5.89 Å². The number of nitrogens with zero attached hydrogens (tertiary/aromatic N) is 3. The Hall–Kier alpha value is -4.00. The molecular formula is C27H25N3O4. The third kappa shape index (κ3) is 4.69. The third-order valence-corrected chi connectivity index (χ3v) is 6.26. The highest BCUT2D eigenvalue weighted by Crippen LogP contribution is 2.37. The Kier molecular flexibility index (Phi) is 6.08. The number of oxazole rings is 1. The van der Waals surface area contributed by atoms with Gasteiger partial charge in [-0.25, -0.2) is 15.0 Å². The Balaban J connectivity index is 1.21. The van der Waals surface area contributed by atoms with Crippen molar-refractivity contribution < 1.29 is 19.1 Å². The van der Waals surface area contributed by atoms with Crippen LogP contribution >= 0.6 is 0 Å². The second-order valence-corrected chi connectivity index (χ2v) is 8.52. The number of fused-ring (bicyclic) bond motifs is 1. The molecule has 2 heterocycles. The van der Waals surface area contributed by atoms with Crippen molar-refractivity contribution in [2.75, 3.05) is 6.61 Å². The molecule has 0 aliphatic heterocycles. The first-order valence-electron chi connectivity index (χ1n) is 11.4. The molecule has 0 bridgehead atoms. The fourth-order valence-corrected chi connectivity index (χ4v) is 4.50. The zero-order chi connectivity index (χ0) is 23.5. The largest absolute Gasteiger partial charge is 0.493 e. The molecule has 5 rings (SSSR count). The molecular weight excluding hydrogens is 430 g/mol. The van der Waals surface area contributed by atoms with Crippen molar-refractivity contribution in [3.63, 3.8) is 0 Å². The molecule has 7 heteroatoms. The highest BCUT2D eigenvalue weighted by Gasteiger charge is 2.25. The second kappa shape index (κ2) is 9.47. The Bertz CT molecular complexity index is 1300. The lowest BCUT2D eigenvalue weighted by molar-refractivity contribution is -0.137. The molecule has 0 unspecified atom stereocenters. The van der Waals surface area contributed by atoms with E-state index in [1.165, 1.54) is 11.9 Å². The van der Waals surface area contributed by atoms with Gasteiger partial charge < -0.3 is 14.3 Å². The molecule has 0 spiro atoms. The molecule has 7 nitrogen and oxygen atoms in total. The number of rotatable bonds is 8. The summed E-state index contributed by atoms with van der Waals surface area (Å²) in [4.78, 5) is 23.9. The van der Waals surface area contributed by atoms with Crippen LogP contribution in [0.15, 0.2) is 65.6 Å². The topological polar surface area (TPSA) is 98.3 Å². The number of benzene rings is 2. The fraction of sp³-hybridized carbons (Fsp3) is 0.259. The average Bonchev–Trinajstić information content (AvgIpc) is 3.42. The minimum Gasteiger partial charge on any atom is -0.493 e. The molecule has 0 fully saturated rings. The van der Waals surface area contributed by atoms with Crippen LogP contribution in [0.2, 0.25) is 0 Å². The van der Waals surface area contributed by atoms with Crippen LogP contribution in [0.5, 0.6) is 5.75 Å². The number of ether oxygens (including phenoxy) is 1. The van der Waals surface area contributed by atoms with Gasteiger partial charge in [-0.1, -0.05) is 18.2 Å². The van der Waals surface area contributed by atoms with Crippen molar-refractivity contribution in [3.05, 3.63) is 83.8 Å². The first-order valence-corrected chi connectivity index (χ1v) is 11.4. The monoisotopic (exact) mass is 455 g/mol. The van der Waals surface area contributed by atoms with Gasteiger partial charge in [0.15, 0.2) is 0 Å². The SMILES string of the molecule is Cc1oc(-c2ccc(-c3cncnc3)cc2)nc1CCOc1ccc2c(c1)CC[C@H]2CC(=O)O. The van der Waals surface area contributed by atoms with Crippen molar-refractivity contribution in [1.82, 2.24) is 15.0 Å². The molecule has 0 radical (unpaired) electrons. The third-order valence-electron chi connectivity index (χ3n) is 6.26. The summed E-state index contributed by atoms with van der Waals surface area (Å²) in [7, 11) is 0. The molecule has 0 saturated heterocycles. The molecule has 0 amide bonds. The van der Waals surface area contributed by atoms with Gasteiger partial charge in [-0.05, 0) is 66.6 Å². The summed E-state index contributed by atoms with van der Waals surface area (Å²) in [5.74, 6) is 1.53. The first-order chi connectivity index (χ1) is 16.6. The number of carboxylic acids is 1. The number of carboxylic acid groups (broad SMARTS) is 1. The smallest absolute Gasteiger partial charge is 0.303 e. The fourth-order valence-electron chi connectivity index (χ4n) is 4.50. The minimum atomic E-state index is -0.748. The van der Waals surface area contributed by atoms with Crippen LogP contribution in [0.1, 0.15) is 41.3 Å². The van der Waals surface area contributed by atoms with Gasteiger partial charge >= 0.3 is 5.97 Å². The summed E-state index contributed by atoms with van der Waals surface area (Å²) in [5.41, 5.74) is 6.10. The van der Waals surface area contributed by atoms with Crippen LogP contribution in [0, 0.1) is 6.92 Å². The van der Waals surface area contributed by atoms with Gasteiger partial charge in [-0.15, -0.1) is 0 Å². The maximum Gasteiger partial charge on any atom is 0.303 e. The first kappa shape index (κ1) is 21.8. The maximum atomic E-state index is 11.1. The molecule has 1 atom stereocenters. The summed E-state index contributed by atoms with van der Waals surface area (Å²) < 4.78 is 11.9. The van der Waals surface area contributed by atoms with E-state index in [4.69, 9.17) is 14.3 Å². The van der Waals surface area contributed by atoms with E-state index < -0.39 is 5.97 Å². The Morgan fingerprint density at radius 2 is 1.85 bits per heavy atom. The lowest BCUT2D eigenvalue weighted by atomic mass is 9.98. The number of aromatic nitrogens is 3. The van der Waals surface area contributed by atoms with Crippen LogP contribution in [0.4, 0.5) is 0 Å². The number of aliphatic carboxylic acids is 1. The van der Waals surface area contributed by atoms with E-state index in [1.54, 1.807) is 12.4 Å². The van der Waals surface area contributed by atoms with Crippen LogP contribution < -0.4 is 4.74 Å². The van der Waals surface area contributed by atoms with Gasteiger partial charge in [0.05, 0.1) is 18.7 Å². The predicted octanol–water partition coefficient (Wildman–Crippen LogP) is 5.23. The average molecular weight is 456 g/mol. The van der Waals surface area contributed by atoms with E-state index in [2.05, 4.69) is 15.0 Å². The summed E-state index contributed by atoms with van der Waals surface area (Å²) in [6.07, 6.45) is 7.67. The highest BCUT2D eigenvalue weighted by atomic mass is 16.5. The molecule has 2 aromatic carbocycles. The highest BCUT2D eigenvalue weighted by molar-refractivity contribution is 5.68. The van der Waals surface area contributed by atoms with E-state index in [-0.39, 0.29) is 12.3 Å². The number of hydrogen-bond donors (Lipinski definition) is 1. The van der Waals surface area contributed by atoms with Gasteiger partial charge in [0.25, 0.3) is 0 Å². The van der Waals surface area contributed by atoms with E-state index in [1.807, 2.05) is 49.4 Å². The molecule has 1 aliphatic rings. The normalized spacial score (nSPS) is 14.7. The molecule has 1 N–H and O–H groups in total. The standard InChI is InChI=1S/C27H25N3O4/c1-17-25(10-11-33-23-8-9-24-20(12-23)6-7-21(24)13-26(31)32)30-27(34-17)19-4-2-18(3-5-19)22-14-28-16-29-15-22/h2-5,8-9,12,14-16,21H,6-7,10-11,13H2,1H3,(H,31,32)/t21-/m0/s1. The summed E-state index contributed by atoms with van der Waals surface area (Å²) in [6, 6.07) is 14.0. The van der Waals surface area contributed by atoms with Crippen molar-refractivity contribution >= 4 is 5.97 Å². The van der Waals surface area contributed by atoms with Gasteiger partial charge in [-0.2, -0.15) is 0 Å².